The highest BCUT2D eigenvalue weighted by Gasteiger charge is 2.32. The summed E-state index contributed by atoms with van der Waals surface area (Å²) in [6.45, 7) is 0. The van der Waals surface area contributed by atoms with Crippen LogP contribution in [0.3, 0.4) is 0 Å². The molecule has 2 aromatic heterocycles. The van der Waals surface area contributed by atoms with E-state index in [2.05, 4.69) is 24.3 Å². The number of aromatic nitrogens is 2. The lowest BCUT2D eigenvalue weighted by atomic mass is 9.93. The molecular formula is C53H27F3N6. The number of fused-ring (bicyclic) bond motifs is 6. The molecule has 0 N–H and O–H groups in total. The lowest BCUT2D eigenvalue weighted by Gasteiger charge is -2.22. The summed E-state index contributed by atoms with van der Waals surface area (Å²) in [5.74, 6) is 0. The van der Waals surface area contributed by atoms with Gasteiger partial charge < -0.3 is 9.13 Å². The summed E-state index contributed by atoms with van der Waals surface area (Å²) >= 11 is 0. The summed E-state index contributed by atoms with van der Waals surface area (Å²) in [6.07, 6.45) is -4.70. The summed E-state index contributed by atoms with van der Waals surface area (Å²) < 4.78 is 46.8. The van der Waals surface area contributed by atoms with E-state index in [-0.39, 0.29) is 16.7 Å². The Labute approximate surface area is 352 Å². The molecule has 0 fully saturated rings. The third kappa shape index (κ3) is 5.85. The van der Waals surface area contributed by atoms with Gasteiger partial charge in [-0.2, -0.15) is 34.2 Å². The molecule has 290 valence electrons. The first-order valence-corrected chi connectivity index (χ1v) is 19.5. The molecule has 0 radical (unpaired) electrons. The minimum absolute atomic E-state index is 0.195. The number of hydrogen-bond acceptors (Lipinski definition) is 4. The van der Waals surface area contributed by atoms with Crippen LogP contribution in [0.1, 0.15) is 27.8 Å². The zero-order chi connectivity index (χ0) is 42.7. The third-order valence-electron chi connectivity index (χ3n) is 11.5. The Balaban J connectivity index is 1.35. The molecule has 0 atom stereocenters. The average Bonchev–Trinajstić information content (AvgIpc) is 3.82. The third-order valence-corrected chi connectivity index (χ3v) is 11.5. The Hall–Kier alpha value is -8.89. The fourth-order valence-corrected chi connectivity index (χ4v) is 8.80. The molecule has 0 saturated heterocycles. The van der Waals surface area contributed by atoms with Crippen molar-refractivity contribution in [2.24, 2.45) is 0 Å². The second kappa shape index (κ2) is 14.4. The van der Waals surface area contributed by atoms with Crippen molar-refractivity contribution in [2.45, 2.75) is 6.18 Å². The fraction of sp³-hybridized carbons (Fsp3) is 0.0189. The van der Waals surface area contributed by atoms with Crippen molar-refractivity contribution < 1.29 is 13.2 Å². The molecule has 0 spiro atoms. The highest BCUT2D eigenvalue weighted by atomic mass is 19.4. The van der Waals surface area contributed by atoms with Crippen LogP contribution < -0.4 is 0 Å². The molecule has 8 aromatic carbocycles. The molecule has 0 bridgehead atoms. The van der Waals surface area contributed by atoms with Gasteiger partial charge in [0.25, 0.3) is 0 Å². The molecule has 2 heterocycles. The van der Waals surface area contributed by atoms with Gasteiger partial charge in [0.1, 0.15) is 0 Å². The molecule has 0 unspecified atom stereocenters. The van der Waals surface area contributed by atoms with Gasteiger partial charge >= 0.3 is 6.18 Å². The summed E-state index contributed by atoms with van der Waals surface area (Å²) in [5.41, 5.74) is 7.91. The van der Waals surface area contributed by atoms with Gasteiger partial charge in [-0.1, -0.05) is 91.0 Å². The first-order valence-electron chi connectivity index (χ1n) is 19.5. The maximum atomic E-state index is 14.3. The number of hydrogen-bond donors (Lipinski definition) is 0. The number of halogens is 3. The highest BCUT2D eigenvalue weighted by molar-refractivity contribution is 6.13. The largest absolute Gasteiger partial charge is 0.416 e. The van der Waals surface area contributed by atoms with Crippen LogP contribution in [0.25, 0.3) is 88.4 Å². The monoisotopic (exact) mass is 804 g/mol. The average molecular weight is 805 g/mol. The number of nitriles is 4. The van der Waals surface area contributed by atoms with Crippen LogP contribution in [-0.4, -0.2) is 9.13 Å². The smallest absolute Gasteiger partial charge is 0.308 e. The molecule has 10 aromatic rings. The summed E-state index contributed by atoms with van der Waals surface area (Å²) in [4.78, 5) is 0. The Kier molecular flexibility index (Phi) is 8.70. The minimum atomic E-state index is -4.70. The molecule has 0 aliphatic carbocycles. The van der Waals surface area contributed by atoms with E-state index in [9.17, 15) is 34.2 Å². The van der Waals surface area contributed by atoms with Crippen molar-refractivity contribution in [2.75, 3.05) is 0 Å². The van der Waals surface area contributed by atoms with Gasteiger partial charge in [0.15, 0.2) is 0 Å². The van der Waals surface area contributed by atoms with Gasteiger partial charge in [-0.25, -0.2) is 0 Å². The van der Waals surface area contributed by atoms with Crippen molar-refractivity contribution >= 4 is 43.6 Å². The van der Waals surface area contributed by atoms with E-state index in [1.165, 1.54) is 6.07 Å². The topological polar surface area (TPSA) is 105 Å². The number of alkyl halides is 3. The molecule has 0 aliphatic heterocycles. The number of nitrogens with zero attached hydrogens (tertiary/aromatic N) is 6. The Morgan fingerprint density at radius 3 is 1.31 bits per heavy atom. The molecule has 0 saturated carbocycles. The van der Waals surface area contributed by atoms with Gasteiger partial charge in [-0.3, -0.25) is 0 Å². The minimum Gasteiger partial charge on any atom is -0.308 e. The molecular weight excluding hydrogens is 778 g/mol. The van der Waals surface area contributed by atoms with Crippen LogP contribution in [0.2, 0.25) is 0 Å². The summed E-state index contributed by atoms with van der Waals surface area (Å²) in [6, 6.07) is 57.6. The Morgan fingerprint density at radius 1 is 0.387 bits per heavy atom. The van der Waals surface area contributed by atoms with Gasteiger partial charge in [0.2, 0.25) is 0 Å². The van der Waals surface area contributed by atoms with Crippen LogP contribution in [0, 0.1) is 45.3 Å². The van der Waals surface area contributed by atoms with Gasteiger partial charge in [-0.05, 0) is 95.1 Å². The van der Waals surface area contributed by atoms with Gasteiger partial charge in [0, 0.05) is 32.7 Å². The second-order valence-corrected chi connectivity index (χ2v) is 14.9. The van der Waals surface area contributed by atoms with Crippen LogP contribution >= 0.6 is 0 Å². The van der Waals surface area contributed by atoms with E-state index in [4.69, 9.17) is 0 Å². The van der Waals surface area contributed by atoms with Gasteiger partial charge in [-0.15, -0.1) is 0 Å². The quantitative estimate of drug-likeness (QED) is 0.173. The first-order chi connectivity index (χ1) is 30.2. The van der Waals surface area contributed by atoms with Crippen LogP contribution in [0.5, 0.6) is 0 Å². The van der Waals surface area contributed by atoms with Crippen molar-refractivity contribution in [3.8, 4) is 69.0 Å². The fourth-order valence-electron chi connectivity index (χ4n) is 8.80. The van der Waals surface area contributed by atoms with Gasteiger partial charge in [0.05, 0.1) is 85.5 Å². The molecule has 10 rings (SSSR count). The summed E-state index contributed by atoms with van der Waals surface area (Å²) in [7, 11) is 0. The summed E-state index contributed by atoms with van der Waals surface area (Å²) in [5, 5.41) is 44.7. The van der Waals surface area contributed by atoms with Crippen LogP contribution in [-0.2, 0) is 6.18 Å². The predicted octanol–water partition coefficient (Wildman–Crippen LogP) is 13.4. The normalized spacial score (nSPS) is 11.4. The standard InChI is InChI=1S/C53H27F3N6/c54-53(55,56)38-19-20-41(37(25-38)31-60)52-50(61-46-15-7-5-13-42(46)44-26-33(17-21-48(44)61)39-11-3-1-9-35(39)29-58)23-32(28-57)24-51(52)62-47-16-8-6-14-43(47)45-27-34(18-22-49(45)62)40-12-4-2-10-36(40)30-59/h1-27H. The van der Waals surface area contributed by atoms with Crippen molar-refractivity contribution in [1.29, 1.82) is 21.0 Å². The first kappa shape index (κ1) is 37.4. The lowest BCUT2D eigenvalue weighted by molar-refractivity contribution is -0.137. The van der Waals surface area contributed by atoms with E-state index in [0.29, 0.717) is 28.1 Å². The van der Waals surface area contributed by atoms with Crippen molar-refractivity contribution in [1.82, 2.24) is 9.13 Å². The molecule has 62 heavy (non-hydrogen) atoms. The highest BCUT2D eigenvalue weighted by Crippen LogP contribution is 2.45. The Morgan fingerprint density at radius 2 is 0.839 bits per heavy atom. The number of rotatable bonds is 5. The van der Waals surface area contributed by atoms with Crippen molar-refractivity contribution in [3.63, 3.8) is 0 Å². The molecule has 6 nitrogen and oxygen atoms in total. The van der Waals surface area contributed by atoms with E-state index < -0.39 is 11.7 Å². The van der Waals surface area contributed by atoms with E-state index in [1.54, 1.807) is 24.3 Å². The maximum absolute atomic E-state index is 14.3. The van der Waals surface area contributed by atoms with Crippen LogP contribution in [0.15, 0.2) is 164 Å². The lowest BCUT2D eigenvalue weighted by Crippen LogP contribution is -2.08. The molecule has 0 amide bonds. The SMILES string of the molecule is N#Cc1cc(-n2c3ccccc3c3cc(-c4ccccc4C#N)ccc32)c(-c2ccc(C(F)(F)F)cc2C#N)c(-n2c3ccccc3c3cc(-c4ccccc4C#N)ccc32)c1. The maximum Gasteiger partial charge on any atom is 0.416 e. The molecule has 0 aliphatic rings. The number of benzene rings is 8. The predicted molar refractivity (Wildman–Crippen MR) is 235 cm³/mol. The van der Waals surface area contributed by atoms with Crippen LogP contribution in [0.4, 0.5) is 13.2 Å². The second-order valence-electron chi connectivity index (χ2n) is 14.9. The Bertz CT molecular complexity index is 3500. The van der Waals surface area contributed by atoms with E-state index in [1.807, 2.05) is 130 Å². The number of para-hydroxylation sites is 2. The zero-order valence-corrected chi connectivity index (χ0v) is 32.4. The van der Waals surface area contributed by atoms with E-state index >= 15 is 0 Å². The zero-order valence-electron chi connectivity index (χ0n) is 32.4. The van der Waals surface area contributed by atoms with E-state index in [0.717, 1.165) is 78.0 Å². The van der Waals surface area contributed by atoms with Crippen molar-refractivity contribution in [3.05, 3.63) is 192 Å². The molecule has 9 heteroatoms.